The largest absolute Gasteiger partial charge is 0.503 e. The Morgan fingerprint density at radius 3 is 2.41 bits per heavy atom. The second-order valence-electron chi connectivity index (χ2n) is 7.91. The molecule has 0 bridgehead atoms. The van der Waals surface area contributed by atoms with Crippen LogP contribution in [-0.4, -0.2) is 71.8 Å². The van der Waals surface area contributed by atoms with Gasteiger partial charge >= 0.3 is 5.97 Å². The van der Waals surface area contributed by atoms with Crippen LogP contribution in [0.4, 0.5) is 0 Å². The normalized spacial score (nSPS) is 16.2. The fourth-order valence-electron chi connectivity index (χ4n) is 3.80. The van der Waals surface area contributed by atoms with Crippen molar-refractivity contribution in [2.24, 2.45) is 0 Å². The van der Waals surface area contributed by atoms with Crippen LogP contribution in [-0.2, 0) is 9.53 Å². The van der Waals surface area contributed by atoms with E-state index in [1.807, 2.05) is 19.0 Å². The summed E-state index contributed by atoms with van der Waals surface area (Å²) < 4.78 is 4.75. The van der Waals surface area contributed by atoms with Crippen LogP contribution in [0.3, 0.4) is 0 Å². The molecule has 1 N–H and O–H groups in total. The first-order valence-electron chi connectivity index (χ1n) is 10.2. The van der Waals surface area contributed by atoms with Gasteiger partial charge in [-0.25, -0.2) is 9.78 Å². The first kappa shape index (κ1) is 23.6. The number of hydrogen-bond acceptors (Lipinski definition) is 8. The fraction of sp³-hybridized carbons (Fsp3) is 0.391. The van der Waals surface area contributed by atoms with Crippen molar-refractivity contribution in [3.63, 3.8) is 0 Å². The molecule has 3 rings (SSSR count). The van der Waals surface area contributed by atoms with Crippen LogP contribution < -0.4 is 0 Å². The highest BCUT2D eigenvalue weighted by Gasteiger charge is 2.44. The number of hydrogen-bond donors (Lipinski definition) is 1. The van der Waals surface area contributed by atoms with Crippen LogP contribution in [0.5, 0.6) is 0 Å². The minimum absolute atomic E-state index is 0.0393. The van der Waals surface area contributed by atoms with Crippen molar-refractivity contribution in [2.75, 3.05) is 34.3 Å². The molecule has 0 fully saturated rings. The molecule has 1 aromatic heterocycles. The molecular formula is C23H27N3O5S. The highest BCUT2D eigenvalue weighted by Crippen LogP contribution is 2.40. The molecule has 9 heteroatoms. The minimum Gasteiger partial charge on any atom is -0.503 e. The van der Waals surface area contributed by atoms with Gasteiger partial charge in [-0.1, -0.05) is 12.1 Å². The molecule has 170 valence electrons. The first-order valence-corrected chi connectivity index (χ1v) is 11.0. The molecule has 0 saturated heterocycles. The zero-order chi connectivity index (χ0) is 23.6. The van der Waals surface area contributed by atoms with E-state index < -0.39 is 29.5 Å². The number of esters is 1. The average molecular weight is 458 g/mol. The number of ether oxygens (including phenoxy) is 1. The maximum atomic E-state index is 13.5. The average Bonchev–Trinajstić information content (AvgIpc) is 3.23. The lowest BCUT2D eigenvalue weighted by Gasteiger charge is -2.27. The van der Waals surface area contributed by atoms with Crippen LogP contribution in [0, 0.1) is 13.8 Å². The smallest absolute Gasteiger partial charge is 0.337 e. The molecule has 2 heterocycles. The number of rotatable bonds is 8. The van der Waals surface area contributed by atoms with Gasteiger partial charge < -0.3 is 19.6 Å². The van der Waals surface area contributed by atoms with E-state index in [1.54, 1.807) is 38.1 Å². The van der Waals surface area contributed by atoms with E-state index in [-0.39, 0.29) is 5.57 Å². The lowest BCUT2D eigenvalue weighted by molar-refractivity contribution is -0.129. The number of methoxy groups -OCH3 is 1. The number of thiazole rings is 1. The summed E-state index contributed by atoms with van der Waals surface area (Å²) in [5.41, 5.74) is 1.59. The number of aromatic nitrogens is 1. The number of benzene rings is 1. The van der Waals surface area contributed by atoms with E-state index in [0.29, 0.717) is 34.7 Å². The molecule has 1 atom stereocenters. The zero-order valence-electron chi connectivity index (χ0n) is 18.8. The topological polar surface area (TPSA) is 100 Å². The summed E-state index contributed by atoms with van der Waals surface area (Å²) in [6, 6.07) is 5.78. The Labute approximate surface area is 191 Å². The van der Waals surface area contributed by atoms with Gasteiger partial charge in [0.25, 0.3) is 5.91 Å². The second kappa shape index (κ2) is 9.62. The maximum Gasteiger partial charge on any atom is 0.337 e. The summed E-state index contributed by atoms with van der Waals surface area (Å²) >= 11 is 1.24. The Balaban J connectivity index is 2.04. The van der Waals surface area contributed by atoms with Gasteiger partial charge in [-0.15, -0.1) is 11.3 Å². The number of aliphatic hydroxyl groups excluding tert-OH is 1. The van der Waals surface area contributed by atoms with Crippen LogP contribution in [0.1, 0.15) is 48.8 Å². The molecule has 1 amide bonds. The van der Waals surface area contributed by atoms with Crippen LogP contribution in [0.2, 0.25) is 0 Å². The van der Waals surface area contributed by atoms with Crippen molar-refractivity contribution >= 4 is 29.0 Å². The third-order valence-corrected chi connectivity index (χ3v) is 6.38. The highest BCUT2D eigenvalue weighted by atomic mass is 32.1. The van der Waals surface area contributed by atoms with Gasteiger partial charge in [-0.05, 0) is 58.6 Å². The summed E-state index contributed by atoms with van der Waals surface area (Å²) in [6.07, 6.45) is 0.670. The van der Waals surface area contributed by atoms with Gasteiger partial charge in [0.15, 0.2) is 5.76 Å². The standard InChI is InChI=1S/C23H27N3O5S/c1-13-21(32-14(2)24-13)19(27)17-18(15-7-9-16(10-8-15)23(30)31-5)26(22(29)20(17)28)12-6-11-25(3)4/h7-10,18,28H,6,11-12H2,1-5H3. The summed E-state index contributed by atoms with van der Waals surface area (Å²) in [6.45, 7) is 4.65. The summed E-state index contributed by atoms with van der Waals surface area (Å²) in [4.78, 5) is 46.5. The van der Waals surface area contributed by atoms with Gasteiger partial charge in [-0.3, -0.25) is 9.59 Å². The van der Waals surface area contributed by atoms with Gasteiger partial charge in [0.1, 0.15) is 0 Å². The Bertz CT molecular complexity index is 1070. The molecule has 0 saturated carbocycles. The number of carbonyl (C=O) groups is 3. The van der Waals surface area contributed by atoms with E-state index in [2.05, 4.69) is 4.98 Å². The molecule has 0 spiro atoms. The Morgan fingerprint density at radius 1 is 1.22 bits per heavy atom. The number of ketones is 1. The van der Waals surface area contributed by atoms with Crippen molar-refractivity contribution in [3.05, 3.63) is 62.3 Å². The van der Waals surface area contributed by atoms with Gasteiger partial charge in [0.2, 0.25) is 5.78 Å². The molecule has 32 heavy (non-hydrogen) atoms. The molecule has 2 aromatic rings. The highest BCUT2D eigenvalue weighted by molar-refractivity contribution is 7.14. The number of nitrogens with zero attached hydrogens (tertiary/aromatic N) is 3. The summed E-state index contributed by atoms with van der Waals surface area (Å²) in [5, 5.41) is 11.5. The van der Waals surface area contributed by atoms with E-state index >= 15 is 0 Å². The fourth-order valence-corrected chi connectivity index (χ4v) is 4.68. The Hall–Kier alpha value is -3.04. The van der Waals surface area contributed by atoms with Crippen molar-refractivity contribution in [3.8, 4) is 0 Å². The lowest BCUT2D eigenvalue weighted by atomic mass is 9.94. The minimum atomic E-state index is -0.759. The van der Waals surface area contributed by atoms with Crippen molar-refractivity contribution in [1.82, 2.24) is 14.8 Å². The molecule has 1 aliphatic rings. The second-order valence-corrected chi connectivity index (χ2v) is 9.11. The summed E-state index contributed by atoms with van der Waals surface area (Å²) in [5.74, 6) is -2.00. The number of aryl methyl sites for hydroxylation is 2. The third kappa shape index (κ3) is 4.58. The Kier molecular flexibility index (Phi) is 7.10. The molecule has 1 unspecified atom stereocenters. The molecule has 8 nitrogen and oxygen atoms in total. The van der Waals surface area contributed by atoms with E-state index in [4.69, 9.17) is 4.74 Å². The van der Waals surface area contributed by atoms with Gasteiger partial charge in [-0.2, -0.15) is 0 Å². The lowest BCUT2D eigenvalue weighted by Crippen LogP contribution is -2.33. The monoisotopic (exact) mass is 457 g/mol. The SMILES string of the molecule is COC(=O)c1ccc(C2C(C(=O)c3sc(C)nc3C)=C(O)C(=O)N2CCCN(C)C)cc1. The first-order chi connectivity index (χ1) is 15.1. The van der Waals surface area contributed by atoms with Gasteiger partial charge in [0.05, 0.1) is 39.9 Å². The number of Topliss-reactive ketones (excluding diaryl/α,β-unsaturated/α-hetero) is 1. The summed E-state index contributed by atoms with van der Waals surface area (Å²) in [7, 11) is 5.18. The van der Waals surface area contributed by atoms with Crippen LogP contribution in [0.15, 0.2) is 35.6 Å². The van der Waals surface area contributed by atoms with E-state index in [9.17, 15) is 19.5 Å². The number of carbonyl (C=O) groups excluding carboxylic acids is 3. The maximum absolute atomic E-state index is 13.5. The van der Waals surface area contributed by atoms with Crippen molar-refractivity contribution in [2.45, 2.75) is 26.3 Å². The quantitative estimate of drug-likeness (QED) is 0.480. The van der Waals surface area contributed by atoms with Crippen LogP contribution >= 0.6 is 11.3 Å². The van der Waals surface area contributed by atoms with Gasteiger partial charge in [0, 0.05) is 6.54 Å². The van der Waals surface area contributed by atoms with Crippen molar-refractivity contribution < 1.29 is 24.2 Å². The molecule has 1 aliphatic heterocycles. The number of amides is 1. The van der Waals surface area contributed by atoms with E-state index in [0.717, 1.165) is 11.6 Å². The van der Waals surface area contributed by atoms with Crippen molar-refractivity contribution in [1.29, 1.82) is 0 Å². The third-order valence-electron chi connectivity index (χ3n) is 5.31. The number of aliphatic hydroxyl groups is 1. The van der Waals surface area contributed by atoms with Crippen LogP contribution in [0.25, 0.3) is 0 Å². The molecular weight excluding hydrogens is 430 g/mol. The zero-order valence-corrected chi connectivity index (χ0v) is 19.7. The predicted molar refractivity (Wildman–Crippen MR) is 121 cm³/mol. The molecule has 0 aliphatic carbocycles. The molecule has 1 aromatic carbocycles. The molecule has 0 radical (unpaired) electrons. The Morgan fingerprint density at radius 2 is 1.88 bits per heavy atom. The van der Waals surface area contributed by atoms with E-state index in [1.165, 1.54) is 23.3 Å². The predicted octanol–water partition coefficient (Wildman–Crippen LogP) is 3.08.